The smallest absolute Gasteiger partial charge is 0.124 e. The van der Waals surface area contributed by atoms with Crippen molar-refractivity contribution in [2.75, 3.05) is 0 Å². The normalized spacial score (nSPS) is 14.2. The third-order valence-electron chi connectivity index (χ3n) is 3.22. The van der Waals surface area contributed by atoms with Gasteiger partial charge in [0.05, 0.1) is 6.04 Å². The van der Waals surface area contributed by atoms with Crippen molar-refractivity contribution in [3.63, 3.8) is 0 Å². The molecule has 0 aliphatic rings. The van der Waals surface area contributed by atoms with E-state index in [4.69, 9.17) is 11.6 Å². The Labute approximate surface area is 128 Å². The molecular formula is C15H18ClFN2S. The Bertz CT molecular complexity index is 585. The number of nitrogens with zero attached hydrogens (tertiary/aromatic N) is 1. The zero-order valence-corrected chi connectivity index (χ0v) is 13.4. The molecular weight excluding hydrogens is 295 g/mol. The van der Waals surface area contributed by atoms with Gasteiger partial charge in [-0.25, -0.2) is 9.37 Å². The molecule has 108 valence electrons. The van der Waals surface area contributed by atoms with Gasteiger partial charge in [0.15, 0.2) is 0 Å². The third kappa shape index (κ3) is 3.57. The highest BCUT2D eigenvalue weighted by Gasteiger charge is 2.16. The van der Waals surface area contributed by atoms with Gasteiger partial charge in [0, 0.05) is 22.1 Å². The molecule has 0 amide bonds. The van der Waals surface area contributed by atoms with Crippen LogP contribution in [0.3, 0.4) is 0 Å². The maximum atomic E-state index is 13.1. The molecule has 1 aromatic heterocycles. The lowest BCUT2D eigenvalue weighted by atomic mass is 10.1. The molecule has 0 saturated heterocycles. The summed E-state index contributed by atoms with van der Waals surface area (Å²) in [4.78, 5) is 5.71. The van der Waals surface area contributed by atoms with E-state index in [1.807, 2.05) is 13.1 Å². The number of thiazole rings is 1. The zero-order chi connectivity index (χ0) is 14.7. The van der Waals surface area contributed by atoms with Crippen LogP contribution >= 0.6 is 22.9 Å². The van der Waals surface area contributed by atoms with Gasteiger partial charge in [-0.2, -0.15) is 0 Å². The second-order valence-corrected chi connectivity index (χ2v) is 6.35. The van der Waals surface area contributed by atoms with Crippen molar-refractivity contribution < 1.29 is 4.39 Å². The van der Waals surface area contributed by atoms with Crippen LogP contribution in [0.5, 0.6) is 0 Å². The first-order valence-electron chi connectivity index (χ1n) is 6.66. The van der Waals surface area contributed by atoms with E-state index in [9.17, 15) is 4.39 Å². The summed E-state index contributed by atoms with van der Waals surface area (Å²) in [6, 6.07) is 4.67. The van der Waals surface area contributed by atoms with Crippen molar-refractivity contribution in [3.05, 3.63) is 50.7 Å². The lowest BCUT2D eigenvalue weighted by molar-refractivity contribution is 0.492. The fourth-order valence-electron chi connectivity index (χ4n) is 2.08. The largest absolute Gasteiger partial charge is 0.301 e. The molecule has 0 radical (unpaired) electrons. The molecule has 0 aliphatic heterocycles. The summed E-state index contributed by atoms with van der Waals surface area (Å²) in [7, 11) is 0. The summed E-state index contributed by atoms with van der Waals surface area (Å²) >= 11 is 7.81. The highest BCUT2D eigenvalue weighted by molar-refractivity contribution is 7.11. The van der Waals surface area contributed by atoms with E-state index < -0.39 is 0 Å². The topological polar surface area (TPSA) is 24.9 Å². The molecule has 0 spiro atoms. The zero-order valence-electron chi connectivity index (χ0n) is 11.8. The molecule has 1 N–H and O–H groups in total. The summed E-state index contributed by atoms with van der Waals surface area (Å²) in [6.45, 7) is 6.21. The van der Waals surface area contributed by atoms with Crippen LogP contribution in [-0.2, 0) is 6.42 Å². The average Bonchev–Trinajstić information content (AvgIpc) is 2.87. The summed E-state index contributed by atoms with van der Waals surface area (Å²) in [5, 5.41) is 4.96. The standard InChI is InChI=1S/C15H18ClFN2S/c1-4-12-8-18-15(20-12)10(3)19-9(2)13-6-5-11(17)7-14(13)16/h5-10,19H,4H2,1-3H3. The second-order valence-electron chi connectivity index (χ2n) is 4.79. The molecule has 5 heteroatoms. The van der Waals surface area contributed by atoms with Crippen LogP contribution in [0.2, 0.25) is 5.02 Å². The van der Waals surface area contributed by atoms with E-state index >= 15 is 0 Å². The maximum Gasteiger partial charge on any atom is 0.124 e. The molecule has 0 bridgehead atoms. The summed E-state index contributed by atoms with van der Waals surface area (Å²) in [5.41, 5.74) is 0.896. The first-order chi connectivity index (χ1) is 9.51. The van der Waals surface area contributed by atoms with Gasteiger partial charge in [-0.05, 0) is 38.0 Å². The lowest BCUT2D eigenvalue weighted by Crippen LogP contribution is -2.22. The first kappa shape index (κ1) is 15.4. The van der Waals surface area contributed by atoms with Gasteiger partial charge in [-0.3, -0.25) is 0 Å². The Balaban J connectivity index is 2.08. The molecule has 2 unspecified atom stereocenters. The summed E-state index contributed by atoms with van der Waals surface area (Å²) < 4.78 is 13.1. The van der Waals surface area contributed by atoms with Crippen molar-refractivity contribution in [2.24, 2.45) is 0 Å². The minimum atomic E-state index is -0.313. The highest BCUT2D eigenvalue weighted by Crippen LogP contribution is 2.27. The van der Waals surface area contributed by atoms with Crippen LogP contribution in [-0.4, -0.2) is 4.98 Å². The highest BCUT2D eigenvalue weighted by atomic mass is 35.5. The molecule has 2 rings (SSSR count). The number of hydrogen-bond acceptors (Lipinski definition) is 3. The monoisotopic (exact) mass is 312 g/mol. The van der Waals surface area contributed by atoms with Crippen LogP contribution in [0.1, 0.15) is 48.3 Å². The Kier molecular flexibility index (Phi) is 5.13. The predicted octanol–water partition coefficient (Wildman–Crippen LogP) is 4.91. The number of aromatic nitrogens is 1. The van der Waals surface area contributed by atoms with E-state index in [-0.39, 0.29) is 17.9 Å². The van der Waals surface area contributed by atoms with Crippen LogP contribution in [0.25, 0.3) is 0 Å². The number of halogens is 2. The van der Waals surface area contributed by atoms with E-state index in [0.717, 1.165) is 17.0 Å². The van der Waals surface area contributed by atoms with Crippen molar-refractivity contribution in [1.29, 1.82) is 0 Å². The van der Waals surface area contributed by atoms with E-state index in [2.05, 4.69) is 24.1 Å². The second kappa shape index (κ2) is 6.66. The Morgan fingerprint density at radius 2 is 2.10 bits per heavy atom. The summed E-state index contributed by atoms with van der Waals surface area (Å²) in [6.07, 6.45) is 2.93. The molecule has 20 heavy (non-hydrogen) atoms. The van der Waals surface area contributed by atoms with Gasteiger partial charge in [0.25, 0.3) is 0 Å². The van der Waals surface area contributed by atoms with Gasteiger partial charge in [-0.1, -0.05) is 24.6 Å². The van der Waals surface area contributed by atoms with Crippen LogP contribution < -0.4 is 5.32 Å². The number of aryl methyl sites for hydroxylation is 1. The van der Waals surface area contributed by atoms with Crippen LogP contribution in [0, 0.1) is 5.82 Å². The fourth-order valence-corrected chi connectivity index (χ4v) is 3.27. The Morgan fingerprint density at radius 1 is 1.35 bits per heavy atom. The molecule has 2 atom stereocenters. The molecule has 2 aromatic rings. The van der Waals surface area contributed by atoms with Crippen molar-refractivity contribution in [1.82, 2.24) is 10.3 Å². The van der Waals surface area contributed by atoms with E-state index in [1.54, 1.807) is 17.4 Å². The third-order valence-corrected chi connectivity index (χ3v) is 4.87. The SMILES string of the molecule is CCc1cnc(C(C)NC(C)c2ccc(F)cc2Cl)s1. The number of benzene rings is 1. The molecule has 1 heterocycles. The van der Waals surface area contributed by atoms with E-state index in [0.29, 0.717) is 5.02 Å². The molecule has 0 fully saturated rings. The number of nitrogens with one attached hydrogen (secondary N) is 1. The van der Waals surface area contributed by atoms with Gasteiger partial charge in [0.1, 0.15) is 10.8 Å². The predicted molar refractivity (Wildman–Crippen MR) is 82.9 cm³/mol. The lowest BCUT2D eigenvalue weighted by Gasteiger charge is -2.19. The Hall–Kier alpha value is -0.970. The van der Waals surface area contributed by atoms with Crippen LogP contribution in [0.15, 0.2) is 24.4 Å². The maximum absolute atomic E-state index is 13.1. The minimum Gasteiger partial charge on any atom is -0.301 e. The molecule has 1 aromatic carbocycles. The van der Waals surface area contributed by atoms with Gasteiger partial charge in [-0.15, -0.1) is 11.3 Å². The van der Waals surface area contributed by atoms with E-state index in [1.165, 1.54) is 17.0 Å². The molecule has 0 aliphatic carbocycles. The number of rotatable bonds is 5. The minimum absolute atomic E-state index is 0.0343. The van der Waals surface area contributed by atoms with Crippen LogP contribution in [0.4, 0.5) is 4.39 Å². The molecule has 2 nitrogen and oxygen atoms in total. The fraction of sp³-hybridized carbons (Fsp3) is 0.400. The quantitative estimate of drug-likeness (QED) is 0.848. The van der Waals surface area contributed by atoms with Crippen molar-refractivity contribution in [3.8, 4) is 0 Å². The Morgan fingerprint density at radius 3 is 2.70 bits per heavy atom. The van der Waals surface area contributed by atoms with Gasteiger partial charge in [0.2, 0.25) is 0 Å². The summed E-state index contributed by atoms with van der Waals surface area (Å²) in [5.74, 6) is -0.313. The number of hydrogen-bond donors (Lipinski definition) is 1. The van der Waals surface area contributed by atoms with Gasteiger partial charge < -0.3 is 5.32 Å². The first-order valence-corrected chi connectivity index (χ1v) is 7.86. The van der Waals surface area contributed by atoms with Crippen molar-refractivity contribution >= 4 is 22.9 Å². The van der Waals surface area contributed by atoms with Gasteiger partial charge >= 0.3 is 0 Å². The average molecular weight is 313 g/mol. The van der Waals surface area contributed by atoms with Crippen molar-refractivity contribution in [2.45, 2.75) is 39.3 Å². The molecule has 0 saturated carbocycles.